The summed E-state index contributed by atoms with van der Waals surface area (Å²) in [6.45, 7) is 1.83. The van der Waals surface area contributed by atoms with E-state index < -0.39 is 0 Å². The van der Waals surface area contributed by atoms with E-state index in [1.54, 1.807) is 0 Å². The van der Waals surface area contributed by atoms with Crippen molar-refractivity contribution in [2.45, 2.75) is 6.54 Å². The summed E-state index contributed by atoms with van der Waals surface area (Å²) >= 11 is 0. The van der Waals surface area contributed by atoms with Crippen molar-refractivity contribution in [1.29, 1.82) is 0 Å². The van der Waals surface area contributed by atoms with Crippen LogP contribution in [0.3, 0.4) is 0 Å². The molecule has 4 aromatic carbocycles. The monoisotopic (exact) mass is 433 g/mol. The first-order valence-electron chi connectivity index (χ1n) is 11.5. The maximum absolute atomic E-state index is 2.35. The van der Waals surface area contributed by atoms with E-state index in [1.165, 1.54) is 49.6 Å². The van der Waals surface area contributed by atoms with Crippen molar-refractivity contribution in [3.63, 3.8) is 0 Å². The van der Waals surface area contributed by atoms with Gasteiger partial charge in [0.15, 0.2) is 0 Å². The van der Waals surface area contributed by atoms with Gasteiger partial charge in [0.05, 0.1) is 6.67 Å². The first-order chi connectivity index (χ1) is 16.0. The van der Waals surface area contributed by atoms with Crippen LogP contribution < -0.4 is 0 Å². The molecule has 166 valence electrons. The van der Waals surface area contributed by atoms with Gasteiger partial charge in [0.25, 0.3) is 0 Å². The third kappa shape index (κ3) is 4.06. The zero-order valence-electron chi connectivity index (χ0n) is 19.9. The number of nitrogens with zero attached hydrogens (tertiary/aromatic N) is 3. The van der Waals surface area contributed by atoms with E-state index in [4.69, 9.17) is 0 Å². The number of benzene rings is 4. The summed E-state index contributed by atoms with van der Waals surface area (Å²) in [5.74, 6) is 0. The maximum atomic E-state index is 2.35. The van der Waals surface area contributed by atoms with E-state index in [0.29, 0.717) is 0 Å². The number of aromatic nitrogens is 1. The molecular weight excluding hydrogens is 402 g/mol. The number of hydrogen-bond acceptors (Lipinski definition) is 2. The van der Waals surface area contributed by atoms with Crippen molar-refractivity contribution < 1.29 is 0 Å². The van der Waals surface area contributed by atoms with Crippen LogP contribution in [0.25, 0.3) is 44.1 Å². The molecule has 0 bridgehead atoms. The zero-order valence-corrected chi connectivity index (χ0v) is 19.9. The van der Waals surface area contributed by atoms with Crippen molar-refractivity contribution >= 4 is 21.8 Å². The fourth-order valence-corrected chi connectivity index (χ4v) is 5.04. The Hall–Kier alpha value is -3.40. The summed E-state index contributed by atoms with van der Waals surface area (Å²) < 4.78 is 2.31. The van der Waals surface area contributed by atoms with E-state index in [9.17, 15) is 0 Å². The van der Waals surface area contributed by atoms with E-state index in [2.05, 4.69) is 134 Å². The Balaban J connectivity index is 1.62. The third-order valence-corrected chi connectivity index (χ3v) is 6.42. The summed E-state index contributed by atoms with van der Waals surface area (Å²) in [5.41, 5.74) is 8.99. The van der Waals surface area contributed by atoms with E-state index in [1.807, 2.05) is 0 Å². The van der Waals surface area contributed by atoms with Crippen LogP contribution in [-0.4, -0.2) is 42.2 Å². The predicted molar refractivity (Wildman–Crippen MR) is 141 cm³/mol. The first-order valence-corrected chi connectivity index (χ1v) is 11.5. The van der Waals surface area contributed by atoms with Gasteiger partial charge in [0.1, 0.15) is 0 Å². The lowest BCUT2D eigenvalue weighted by molar-refractivity contribution is 0.204. The molecule has 5 rings (SSSR count). The van der Waals surface area contributed by atoms with Crippen molar-refractivity contribution in [2.75, 3.05) is 27.8 Å². The first kappa shape index (κ1) is 21.4. The third-order valence-electron chi connectivity index (χ3n) is 6.42. The second-order valence-electron chi connectivity index (χ2n) is 9.25. The summed E-state index contributed by atoms with van der Waals surface area (Å²) in [7, 11) is 8.56. The number of para-hydroxylation sites is 1. The number of aryl methyl sites for hydroxylation is 1. The summed E-state index contributed by atoms with van der Waals surface area (Å²) in [4.78, 5) is 4.55. The van der Waals surface area contributed by atoms with Crippen molar-refractivity contribution in [1.82, 2.24) is 14.4 Å². The Morgan fingerprint density at radius 1 is 0.636 bits per heavy atom. The van der Waals surface area contributed by atoms with Crippen molar-refractivity contribution in [3.8, 4) is 22.3 Å². The Morgan fingerprint density at radius 3 is 2.06 bits per heavy atom. The van der Waals surface area contributed by atoms with Crippen molar-refractivity contribution in [2.24, 2.45) is 7.05 Å². The number of hydrogen-bond donors (Lipinski definition) is 0. The zero-order chi connectivity index (χ0) is 22.9. The van der Waals surface area contributed by atoms with Gasteiger partial charge >= 0.3 is 0 Å². The van der Waals surface area contributed by atoms with E-state index in [-0.39, 0.29) is 0 Å². The Bertz CT molecular complexity index is 1430. The van der Waals surface area contributed by atoms with Crippen LogP contribution in [0.1, 0.15) is 5.56 Å². The maximum Gasteiger partial charge on any atom is 0.0501 e. The van der Waals surface area contributed by atoms with Gasteiger partial charge < -0.3 is 4.57 Å². The smallest absolute Gasteiger partial charge is 0.0501 e. The van der Waals surface area contributed by atoms with Crippen LogP contribution in [0.2, 0.25) is 0 Å². The second-order valence-corrected chi connectivity index (χ2v) is 9.25. The normalized spacial score (nSPS) is 11.8. The fraction of sp³-hybridized carbons (Fsp3) is 0.200. The molecule has 0 saturated heterocycles. The van der Waals surface area contributed by atoms with Gasteiger partial charge in [-0.2, -0.15) is 0 Å². The molecule has 3 nitrogen and oxygen atoms in total. The van der Waals surface area contributed by atoms with Crippen LogP contribution in [-0.2, 0) is 13.6 Å². The average molecular weight is 434 g/mol. The molecular formula is C30H31N3. The number of fused-ring (bicyclic) bond motifs is 3. The van der Waals surface area contributed by atoms with Gasteiger partial charge in [-0.25, -0.2) is 0 Å². The SMILES string of the molecule is CN(C)CN(C)Cc1ccccc1-c1ccccc1-c1ccc2c3ccccc3n(C)c2c1. The lowest BCUT2D eigenvalue weighted by Gasteiger charge is -2.23. The molecule has 3 heteroatoms. The standard InChI is InChI=1S/C30H31N3/c1-31(2)21-32(3)20-23-11-5-6-13-25(23)26-14-8-7-12-24(26)22-17-18-28-27-15-9-10-16-29(27)33(4)30(28)19-22/h5-19H,20-21H2,1-4H3. The fourth-order valence-electron chi connectivity index (χ4n) is 5.04. The highest BCUT2D eigenvalue weighted by Crippen LogP contribution is 2.37. The predicted octanol–water partition coefficient (Wildman–Crippen LogP) is 6.62. The Kier molecular flexibility index (Phi) is 5.76. The second kappa shape index (κ2) is 8.86. The molecule has 1 aromatic heterocycles. The average Bonchev–Trinajstić information content (AvgIpc) is 3.11. The van der Waals surface area contributed by atoms with Crippen molar-refractivity contribution in [3.05, 3.63) is 96.6 Å². The minimum Gasteiger partial charge on any atom is -0.344 e. The molecule has 5 aromatic rings. The van der Waals surface area contributed by atoms with Gasteiger partial charge in [-0.05, 0) is 61.1 Å². The van der Waals surface area contributed by atoms with E-state index in [0.717, 1.165) is 13.2 Å². The van der Waals surface area contributed by atoms with E-state index >= 15 is 0 Å². The molecule has 1 heterocycles. The van der Waals surface area contributed by atoms with Crippen LogP contribution in [0, 0.1) is 0 Å². The summed E-state index contributed by atoms with van der Waals surface area (Å²) in [5, 5.41) is 2.61. The minimum atomic E-state index is 0.908. The molecule has 0 unspecified atom stereocenters. The Labute approximate surface area is 196 Å². The molecule has 0 fully saturated rings. The highest BCUT2D eigenvalue weighted by Gasteiger charge is 2.14. The highest BCUT2D eigenvalue weighted by molar-refractivity contribution is 6.09. The van der Waals surface area contributed by atoms with Crippen LogP contribution in [0.15, 0.2) is 91.0 Å². The molecule has 0 N–H and O–H groups in total. The molecule has 0 aliphatic heterocycles. The van der Waals surface area contributed by atoms with Crippen LogP contribution >= 0.6 is 0 Å². The largest absolute Gasteiger partial charge is 0.344 e. The van der Waals surface area contributed by atoms with Gasteiger partial charge in [-0.3, -0.25) is 9.80 Å². The molecule has 0 aliphatic rings. The van der Waals surface area contributed by atoms with Gasteiger partial charge in [0.2, 0.25) is 0 Å². The lowest BCUT2D eigenvalue weighted by atomic mass is 9.91. The molecule has 0 spiro atoms. The van der Waals surface area contributed by atoms with Crippen LogP contribution in [0.5, 0.6) is 0 Å². The summed E-state index contributed by atoms with van der Waals surface area (Å²) in [6.07, 6.45) is 0. The molecule has 0 amide bonds. The molecule has 0 radical (unpaired) electrons. The number of rotatable bonds is 6. The van der Waals surface area contributed by atoms with Gasteiger partial charge in [-0.1, -0.05) is 78.9 Å². The topological polar surface area (TPSA) is 11.4 Å². The molecule has 0 saturated carbocycles. The lowest BCUT2D eigenvalue weighted by Crippen LogP contribution is -2.29. The highest BCUT2D eigenvalue weighted by atomic mass is 15.3. The molecule has 33 heavy (non-hydrogen) atoms. The van der Waals surface area contributed by atoms with Gasteiger partial charge in [-0.15, -0.1) is 0 Å². The quantitative estimate of drug-likeness (QED) is 0.279. The molecule has 0 aliphatic carbocycles. The molecule has 0 atom stereocenters. The Morgan fingerprint density at radius 2 is 1.27 bits per heavy atom. The minimum absolute atomic E-state index is 0.908. The van der Waals surface area contributed by atoms with Crippen LogP contribution in [0.4, 0.5) is 0 Å². The van der Waals surface area contributed by atoms with Gasteiger partial charge in [0, 0.05) is 35.4 Å². The summed E-state index contributed by atoms with van der Waals surface area (Å²) in [6, 6.07) is 33.1.